The average Bonchev–Trinajstić information content (AvgIpc) is 2.27. The quantitative estimate of drug-likeness (QED) is 0.794. The number of nitrogens with zero attached hydrogens (tertiary/aromatic N) is 1. The van der Waals surface area contributed by atoms with Crippen LogP contribution in [0.25, 0.3) is 0 Å². The van der Waals surface area contributed by atoms with Crippen molar-refractivity contribution in [2.45, 2.75) is 26.4 Å². The van der Waals surface area contributed by atoms with E-state index in [1.165, 1.54) is 5.56 Å². The lowest BCUT2D eigenvalue weighted by molar-refractivity contribution is 0.0763. The van der Waals surface area contributed by atoms with Gasteiger partial charge in [-0.25, -0.2) is 0 Å². The second-order valence-electron chi connectivity index (χ2n) is 4.55. The number of anilines is 1. The van der Waals surface area contributed by atoms with E-state index in [0.29, 0.717) is 6.54 Å². The first-order valence-electron chi connectivity index (χ1n) is 5.72. The van der Waals surface area contributed by atoms with E-state index < -0.39 is 5.60 Å². The molecular formula is C13H22N2O. The molecule has 90 valence electrons. The van der Waals surface area contributed by atoms with Gasteiger partial charge in [0.2, 0.25) is 0 Å². The molecule has 0 fully saturated rings. The zero-order valence-corrected chi connectivity index (χ0v) is 10.4. The van der Waals surface area contributed by atoms with Crippen LogP contribution in [-0.4, -0.2) is 30.3 Å². The molecule has 0 radical (unpaired) electrons. The van der Waals surface area contributed by atoms with Gasteiger partial charge in [-0.15, -0.1) is 0 Å². The first kappa shape index (κ1) is 13.0. The van der Waals surface area contributed by atoms with Crippen LogP contribution >= 0.6 is 0 Å². The predicted molar refractivity (Wildman–Crippen MR) is 68.7 cm³/mol. The lowest BCUT2D eigenvalue weighted by Crippen LogP contribution is -2.46. The zero-order chi connectivity index (χ0) is 12.2. The van der Waals surface area contributed by atoms with Gasteiger partial charge in [0.15, 0.2) is 0 Å². The highest BCUT2D eigenvalue weighted by Gasteiger charge is 2.21. The summed E-state index contributed by atoms with van der Waals surface area (Å²) in [4.78, 5) is 2.13. The van der Waals surface area contributed by atoms with Crippen molar-refractivity contribution < 1.29 is 5.11 Å². The number of rotatable bonds is 5. The maximum Gasteiger partial charge on any atom is 0.0915 e. The van der Waals surface area contributed by atoms with Gasteiger partial charge in [-0.2, -0.15) is 0 Å². The third-order valence-corrected chi connectivity index (χ3v) is 2.75. The molecule has 1 atom stereocenters. The molecule has 16 heavy (non-hydrogen) atoms. The molecule has 1 aromatic rings. The predicted octanol–water partition coefficient (Wildman–Crippen LogP) is 1.53. The molecule has 0 saturated heterocycles. The van der Waals surface area contributed by atoms with Crippen LogP contribution in [0.3, 0.4) is 0 Å². The Labute approximate surface area is 97.9 Å². The van der Waals surface area contributed by atoms with Gasteiger partial charge in [0.25, 0.3) is 0 Å². The van der Waals surface area contributed by atoms with Crippen molar-refractivity contribution in [3.63, 3.8) is 0 Å². The standard InChI is InChI=1S/C13H22N2O/c1-4-15(10-13(3,16)9-14)12-7-5-11(2)6-8-12/h5-8,16H,4,9-10,14H2,1-3H3. The summed E-state index contributed by atoms with van der Waals surface area (Å²) in [6.45, 7) is 7.60. The van der Waals surface area contributed by atoms with Crippen LogP contribution < -0.4 is 10.6 Å². The summed E-state index contributed by atoms with van der Waals surface area (Å²) in [6, 6.07) is 8.31. The average molecular weight is 222 g/mol. The number of hydrogen-bond donors (Lipinski definition) is 2. The molecule has 0 heterocycles. The number of likely N-dealkylation sites (N-methyl/N-ethyl adjacent to an activating group) is 1. The summed E-state index contributed by atoms with van der Waals surface area (Å²) in [5.41, 5.74) is 7.07. The largest absolute Gasteiger partial charge is 0.387 e. The summed E-state index contributed by atoms with van der Waals surface area (Å²) < 4.78 is 0. The van der Waals surface area contributed by atoms with Crippen molar-refractivity contribution in [2.24, 2.45) is 5.73 Å². The highest BCUT2D eigenvalue weighted by atomic mass is 16.3. The van der Waals surface area contributed by atoms with E-state index in [4.69, 9.17) is 5.73 Å². The second-order valence-corrected chi connectivity index (χ2v) is 4.55. The van der Waals surface area contributed by atoms with Crippen molar-refractivity contribution in [2.75, 3.05) is 24.5 Å². The third kappa shape index (κ3) is 3.51. The van der Waals surface area contributed by atoms with Crippen molar-refractivity contribution in [1.29, 1.82) is 0 Å². The van der Waals surface area contributed by atoms with Crippen molar-refractivity contribution in [3.8, 4) is 0 Å². The fourth-order valence-corrected chi connectivity index (χ4v) is 1.62. The monoisotopic (exact) mass is 222 g/mol. The minimum atomic E-state index is -0.832. The highest BCUT2D eigenvalue weighted by Crippen LogP contribution is 2.17. The lowest BCUT2D eigenvalue weighted by atomic mass is 10.1. The first-order valence-corrected chi connectivity index (χ1v) is 5.72. The van der Waals surface area contributed by atoms with E-state index in [0.717, 1.165) is 12.2 Å². The molecule has 0 amide bonds. The van der Waals surface area contributed by atoms with Crippen LogP contribution in [-0.2, 0) is 0 Å². The maximum atomic E-state index is 9.97. The van der Waals surface area contributed by atoms with Crippen LogP contribution in [0.4, 0.5) is 5.69 Å². The fourth-order valence-electron chi connectivity index (χ4n) is 1.62. The van der Waals surface area contributed by atoms with Gasteiger partial charge >= 0.3 is 0 Å². The van der Waals surface area contributed by atoms with Gasteiger partial charge in [-0.05, 0) is 32.9 Å². The summed E-state index contributed by atoms with van der Waals surface area (Å²) in [6.07, 6.45) is 0. The SMILES string of the molecule is CCN(CC(C)(O)CN)c1ccc(C)cc1. The second kappa shape index (κ2) is 5.32. The van der Waals surface area contributed by atoms with Crippen LogP contribution in [0, 0.1) is 6.92 Å². The number of benzene rings is 1. The number of nitrogens with two attached hydrogens (primary N) is 1. The number of aliphatic hydroxyl groups is 1. The molecule has 3 N–H and O–H groups in total. The summed E-state index contributed by atoms with van der Waals surface area (Å²) >= 11 is 0. The van der Waals surface area contributed by atoms with Crippen molar-refractivity contribution in [3.05, 3.63) is 29.8 Å². The highest BCUT2D eigenvalue weighted by molar-refractivity contribution is 5.47. The molecule has 0 aliphatic heterocycles. The molecule has 0 aromatic heterocycles. The zero-order valence-electron chi connectivity index (χ0n) is 10.4. The van der Waals surface area contributed by atoms with E-state index in [1.807, 2.05) is 0 Å². The Hall–Kier alpha value is -1.06. The molecule has 3 heteroatoms. The minimum absolute atomic E-state index is 0.273. The van der Waals surface area contributed by atoms with E-state index in [1.54, 1.807) is 6.92 Å². The van der Waals surface area contributed by atoms with E-state index >= 15 is 0 Å². The molecule has 1 aromatic carbocycles. The Balaban J connectivity index is 2.78. The topological polar surface area (TPSA) is 49.5 Å². The Bertz CT molecular complexity index is 319. The smallest absolute Gasteiger partial charge is 0.0915 e. The molecular weight excluding hydrogens is 200 g/mol. The lowest BCUT2D eigenvalue weighted by Gasteiger charge is -2.31. The van der Waals surface area contributed by atoms with Gasteiger partial charge in [-0.1, -0.05) is 17.7 Å². The fraction of sp³-hybridized carbons (Fsp3) is 0.538. The van der Waals surface area contributed by atoms with E-state index in [-0.39, 0.29) is 6.54 Å². The molecule has 3 nitrogen and oxygen atoms in total. The van der Waals surface area contributed by atoms with Gasteiger partial charge in [0.05, 0.1) is 5.60 Å². The summed E-state index contributed by atoms with van der Waals surface area (Å²) in [5.74, 6) is 0. The maximum absolute atomic E-state index is 9.97. The molecule has 0 spiro atoms. The Morgan fingerprint density at radius 1 is 1.31 bits per heavy atom. The van der Waals surface area contributed by atoms with Crippen LogP contribution in [0.2, 0.25) is 0 Å². The summed E-state index contributed by atoms with van der Waals surface area (Å²) in [7, 11) is 0. The summed E-state index contributed by atoms with van der Waals surface area (Å²) in [5, 5.41) is 9.97. The molecule has 1 rings (SSSR count). The normalized spacial score (nSPS) is 14.6. The van der Waals surface area contributed by atoms with E-state index in [2.05, 4.69) is 43.0 Å². The molecule has 1 unspecified atom stereocenters. The van der Waals surface area contributed by atoms with Crippen LogP contribution in [0.15, 0.2) is 24.3 Å². The molecule has 0 saturated carbocycles. The van der Waals surface area contributed by atoms with Gasteiger partial charge in [0, 0.05) is 25.3 Å². The van der Waals surface area contributed by atoms with Crippen molar-refractivity contribution >= 4 is 5.69 Å². The Morgan fingerprint density at radius 2 is 1.88 bits per heavy atom. The third-order valence-electron chi connectivity index (χ3n) is 2.75. The Kier molecular flexibility index (Phi) is 4.33. The van der Waals surface area contributed by atoms with Gasteiger partial charge < -0.3 is 15.7 Å². The molecule has 0 aliphatic rings. The van der Waals surface area contributed by atoms with Crippen molar-refractivity contribution in [1.82, 2.24) is 0 Å². The van der Waals surface area contributed by atoms with Gasteiger partial charge in [0.1, 0.15) is 0 Å². The number of aryl methyl sites for hydroxylation is 1. The Morgan fingerprint density at radius 3 is 2.31 bits per heavy atom. The van der Waals surface area contributed by atoms with Gasteiger partial charge in [-0.3, -0.25) is 0 Å². The van der Waals surface area contributed by atoms with Crippen LogP contribution in [0.1, 0.15) is 19.4 Å². The molecule has 0 aliphatic carbocycles. The van der Waals surface area contributed by atoms with Crippen LogP contribution in [0.5, 0.6) is 0 Å². The first-order chi connectivity index (χ1) is 7.48. The van der Waals surface area contributed by atoms with E-state index in [9.17, 15) is 5.11 Å². The minimum Gasteiger partial charge on any atom is -0.387 e. The molecule has 0 bridgehead atoms. The number of hydrogen-bond acceptors (Lipinski definition) is 3.